The largest absolute Gasteiger partial charge is 0.455 e. The molecular weight excluding hydrogens is 431 g/mol. The second kappa shape index (κ2) is 8.49. The van der Waals surface area contributed by atoms with E-state index in [9.17, 15) is 22.8 Å². The lowest BCUT2D eigenvalue weighted by atomic mass is 10.1. The minimum Gasteiger partial charge on any atom is -0.455 e. The molecule has 0 aliphatic carbocycles. The van der Waals surface area contributed by atoms with Gasteiger partial charge >= 0.3 is 12.1 Å². The predicted molar refractivity (Wildman–Crippen MR) is 104 cm³/mol. The number of nitrogens with one attached hydrogen (secondary N) is 1. The van der Waals surface area contributed by atoms with Crippen molar-refractivity contribution in [1.82, 2.24) is 19.9 Å². The molecule has 2 aromatic carbocycles. The molecule has 4 aromatic rings. The number of esters is 1. The molecule has 0 saturated heterocycles. The third kappa shape index (κ3) is 4.58. The number of fused-ring (bicyclic) bond motifs is 1. The lowest BCUT2D eigenvalue weighted by Crippen LogP contribution is -2.23. The molecule has 0 fully saturated rings. The second-order valence-electron chi connectivity index (χ2n) is 6.58. The van der Waals surface area contributed by atoms with Gasteiger partial charge in [-0.2, -0.15) is 18.3 Å². The molecule has 0 aliphatic heterocycles. The monoisotopic (exact) mass is 445 g/mol. The lowest BCUT2D eigenvalue weighted by molar-refractivity contribution is -0.146. The van der Waals surface area contributed by atoms with E-state index < -0.39 is 30.2 Å². The highest BCUT2D eigenvalue weighted by molar-refractivity contribution is 5.95. The Morgan fingerprint density at radius 1 is 1.16 bits per heavy atom. The molecule has 0 atom stereocenters. The summed E-state index contributed by atoms with van der Waals surface area (Å²) in [5.74, 6) is -1.58. The van der Waals surface area contributed by atoms with E-state index in [4.69, 9.17) is 9.26 Å². The third-order valence-electron chi connectivity index (χ3n) is 4.39. The molecule has 32 heavy (non-hydrogen) atoms. The summed E-state index contributed by atoms with van der Waals surface area (Å²) < 4.78 is 50.5. The first-order chi connectivity index (χ1) is 15.3. The molecule has 164 valence electrons. The van der Waals surface area contributed by atoms with Gasteiger partial charge in [0.1, 0.15) is 18.3 Å². The van der Waals surface area contributed by atoms with Gasteiger partial charge in [-0.1, -0.05) is 17.3 Å². The minimum atomic E-state index is -4.62. The molecule has 0 bridgehead atoms. The Morgan fingerprint density at radius 2 is 1.97 bits per heavy atom. The Balaban J connectivity index is 1.43. The molecule has 0 unspecified atom stereocenters. The number of halogens is 3. The molecule has 4 rings (SSSR count). The fourth-order valence-electron chi connectivity index (χ4n) is 2.93. The van der Waals surface area contributed by atoms with Gasteiger partial charge in [-0.3, -0.25) is 9.59 Å². The maximum absolute atomic E-state index is 13.1. The van der Waals surface area contributed by atoms with Crippen molar-refractivity contribution >= 4 is 28.5 Å². The topological polar surface area (TPSA) is 112 Å². The lowest BCUT2D eigenvalue weighted by Gasteiger charge is -2.14. The quantitative estimate of drug-likeness (QED) is 0.454. The van der Waals surface area contributed by atoms with Crippen LogP contribution < -0.4 is 5.32 Å². The van der Waals surface area contributed by atoms with Crippen LogP contribution in [0.5, 0.6) is 0 Å². The van der Waals surface area contributed by atoms with Gasteiger partial charge in [-0.15, -0.1) is 0 Å². The number of hydrogen-bond donors (Lipinski definition) is 1. The minimum absolute atomic E-state index is 0.157. The summed E-state index contributed by atoms with van der Waals surface area (Å²) in [4.78, 5) is 28.1. The van der Waals surface area contributed by atoms with E-state index in [1.807, 2.05) is 0 Å². The number of rotatable bonds is 6. The fraction of sp³-hybridized carbons (Fsp3) is 0.150. The summed E-state index contributed by atoms with van der Waals surface area (Å²) in [5.41, 5.74) is -0.139. The van der Waals surface area contributed by atoms with Gasteiger partial charge in [0.05, 0.1) is 23.4 Å². The van der Waals surface area contributed by atoms with Crippen molar-refractivity contribution in [3.8, 4) is 5.69 Å². The average Bonchev–Trinajstić information content (AvgIpc) is 3.42. The van der Waals surface area contributed by atoms with Crippen LogP contribution in [0.25, 0.3) is 16.7 Å². The van der Waals surface area contributed by atoms with Crippen LogP contribution in [-0.4, -0.2) is 38.4 Å². The Bertz CT molecular complexity index is 1270. The van der Waals surface area contributed by atoms with Crippen molar-refractivity contribution in [1.29, 1.82) is 0 Å². The van der Waals surface area contributed by atoms with Gasteiger partial charge in [0.25, 0.3) is 5.91 Å². The van der Waals surface area contributed by atoms with Crippen LogP contribution in [0.3, 0.4) is 0 Å². The number of aromatic nitrogens is 4. The molecule has 2 heterocycles. The summed E-state index contributed by atoms with van der Waals surface area (Å²) in [5, 5.41) is 10.6. The number of benzene rings is 2. The number of ether oxygens (including phenoxy) is 1. The molecule has 0 radical (unpaired) electrons. The smallest absolute Gasteiger partial charge is 0.416 e. The Kier molecular flexibility index (Phi) is 5.58. The standard InChI is InChI=1S/C20H14F3N5O4/c21-20(22,23)12-5-6-16(28-11-24-10-25-28)15(7-12)26-18(29)9-31-19(30)8-14-13-3-1-2-4-17(13)32-27-14/h1-7,10-11H,8-9H2,(H,26,29). The number of alkyl halides is 3. The van der Waals surface area contributed by atoms with Crippen LogP contribution in [0.4, 0.5) is 18.9 Å². The molecule has 0 spiro atoms. The molecule has 1 amide bonds. The second-order valence-corrected chi connectivity index (χ2v) is 6.58. The van der Waals surface area contributed by atoms with E-state index in [0.29, 0.717) is 16.7 Å². The number of para-hydroxylation sites is 1. The van der Waals surface area contributed by atoms with Crippen molar-refractivity contribution in [2.75, 3.05) is 11.9 Å². The number of anilines is 1. The first-order valence-corrected chi connectivity index (χ1v) is 9.16. The SMILES string of the molecule is O=C(COC(=O)Cc1noc2ccccc12)Nc1cc(C(F)(F)F)ccc1-n1cncn1. The zero-order valence-corrected chi connectivity index (χ0v) is 16.2. The number of carbonyl (C=O) groups excluding carboxylic acids is 2. The Hall–Kier alpha value is -4.22. The fourth-order valence-corrected chi connectivity index (χ4v) is 2.93. The predicted octanol–water partition coefficient (Wildman–Crippen LogP) is 3.15. The maximum Gasteiger partial charge on any atom is 0.416 e. The van der Waals surface area contributed by atoms with Crippen LogP contribution >= 0.6 is 0 Å². The molecule has 0 saturated carbocycles. The van der Waals surface area contributed by atoms with Gasteiger partial charge in [-0.05, 0) is 30.3 Å². The van der Waals surface area contributed by atoms with E-state index in [1.165, 1.54) is 17.3 Å². The third-order valence-corrected chi connectivity index (χ3v) is 4.39. The number of nitrogens with zero attached hydrogens (tertiary/aromatic N) is 4. The van der Waals surface area contributed by atoms with E-state index in [1.54, 1.807) is 24.3 Å². The molecule has 2 aromatic heterocycles. The van der Waals surface area contributed by atoms with Crippen LogP contribution in [-0.2, 0) is 26.9 Å². The van der Waals surface area contributed by atoms with E-state index >= 15 is 0 Å². The van der Waals surface area contributed by atoms with E-state index in [2.05, 4.69) is 20.6 Å². The molecule has 0 aliphatic rings. The van der Waals surface area contributed by atoms with Crippen molar-refractivity contribution in [3.63, 3.8) is 0 Å². The summed E-state index contributed by atoms with van der Waals surface area (Å²) in [6, 6.07) is 9.68. The summed E-state index contributed by atoms with van der Waals surface area (Å²) in [7, 11) is 0. The van der Waals surface area contributed by atoms with E-state index in [0.717, 1.165) is 18.2 Å². The number of amides is 1. The van der Waals surface area contributed by atoms with Gasteiger partial charge < -0.3 is 14.6 Å². The Labute approximate surface area is 177 Å². The number of carbonyl (C=O) groups is 2. The zero-order chi connectivity index (χ0) is 22.7. The maximum atomic E-state index is 13.1. The van der Waals surface area contributed by atoms with Crippen LogP contribution in [0, 0.1) is 0 Å². The number of hydrogen-bond acceptors (Lipinski definition) is 7. The summed E-state index contributed by atoms with van der Waals surface area (Å²) in [6.45, 7) is -0.707. The van der Waals surface area contributed by atoms with Gasteiger partial charge in [-0.25, -0.2) is 9.67 Å². The van der Waals surface area contributed by atoms with Crippen molar-refractivity contribution in [3.05, 3.63) is 66.4 Å². The van der Waals surface area contributed by atoms with Gasteiger partial charge in [0.2, 0.25) is 0 Å². The van der Waals surface area contributed by atoms with Crippen molar-refractivity contribution < 1.29 is 32.0 Å². The molecule has 12 heteroatoms. The first kappa shape index (κ1) is 21.0. The van der Waals surface area contributed by atoms with Crippen molar-refractivity contribution in [2.45, 2.75) is 12.6 Å². The van der Waals surface area contributed by atoms with E-state index in [-0.39, 0.29) is 17.8 Å². The van der Waals surface area contributed by atoms with Crippen LogP contribution in [0.1, 0.15) is 11.3 Å². The van der Waals surface area contributed by atoms with Crippen LogP contribution in [0.2, 0.25) is 0 Å². The highest BCUT2D eigenvalue weighted by Gasteiger charge is 2.31. The summed E-state index contributed by atoms with van der Waals surface area (Å²) in [6.07, 6.45) is -2.40. The van der Waals surface area contributed by atoms with Crippen molar-refractivity contribution in [2.24, 2.45) is 0 Å². The summed E-state index contributed by atoms with van der Waals surface area (Å²) >= 11 is 0. The zero-order valence-electron chi connectivity index (χ0n) is 16.2. The van der Waals surface area contributed by atoms with Gasteiger partial charge in [0, 0.05) is 5.39 Å². The highest BCUT2D eigenvalue weighted by atomic mass is 19.4. The first-order valence-electron chi connectivity index (χ1n) is 9.16. The van der Waals surface area contributed by atoms with Crippen LogP contribution in [0.15, 0.2) is 59.6 Å². The van der Waals surface area contributed by atoms with Gasteiger partial charge in [0.15, 0.2) is 12.2 Å². The molecule has 9 nitrogen and oxygen atoms in total. The highest BCUT2D eigenvalue weighted by Crippen LogP contribution is 2.33. The molecule has 1 N–H and O–H groups in total. The average molecular weight is 445 g/mol. The molecular formula is C20H14F3N5O4. The normalized spacial score (nSPS) is 11.5. The Morgan fingerprint density at radius 3 is 2.72 bits per heavy atom.